The van der Waals surface area contributed by atoms with Gasteiger partial charge in [-0.3, -0.25) is 4.98 Å². The van der Waals surface area contributed by atoms with Gasteiger partial charge in [-0.15, -0.1) is 0 Å². The van der Waals surface area contributed by atoms with E-state index in [1.807, 2.05) is 30.3 Å². The van der Waals surface area contributed by atoms with Crippen molar-refractivity contribution in [3.05, 3.63) is 42.1 Å². The Morgan fingerprint density at radius 2 is 2.06 bits per heavy atom. The van der Waals surface area contributed by atoms with Crippen molar-refractivity contribution < 1.29 is 5.11 Å². The fraction of sp³-hybridized carbons (Fsp3) is 0.400. The van der Waals surface area contributed by atoms with Crippen LogP contribution in [0.15, 0.2) is 36.5 Å². The smallest absolute Gasteiger partial charge is 0.0941 e. The lowest BCUT2D eigenvalue weighted by Gasteiger charge is -2.21. The number of benzene rings is 1. The first-order valence-corrected chi connectivity index (χ1v) is 6.36. The fourth-order valence-corrected chi connectivity index (χ4v) is 2.20. The maximum atomic E-state index is 10.3. The molecule has 2 atom stereocenters. The Hall–Kier alpha value is -1.45. The van der Waals surface area contributed by atoms with Gasteiger partial charge < -0.3 is 10.8 Å². The summed E-state index contributed by atoms with van der Waals surface area (Å²) in [5.74, 6) is 0.483. The average Bonchev–Trinajstić information content (AvgIpc) is 2.36. The van der Waals surface area contributed by atoms with E-state index in [2.05, 4.69) is 18.8 Å². The highest BCUT2D eigenvalue weighted by molar-refractivity contribution is 5.79. The molecule has 1 aromatic heterocycles. The summed E-state index contributed by atoms with van der Waals surface area (Å²) >= 11 is 0. The first-order chi connectivity index (χ1) is 8.58. The summed E-state index contributed by atoms with van der Waals surface area (Å²) in [6.45, 7) is 4.22. The Morgan fingerprint density at radius 3 is 2.78 bits per heavy atom. The number of nitrogens with zero attached hydrogens (tertiary/aromatic N) is 1. The van der Waals surface area contributed by atoms with Gasteiger partial charge in [-0.25, -0.2) is 0 Å². The Morgan fingerprint density at radius 1 is 1.28 bits per heavy atom. The number of fused-ring (bicyclic) bond motifs is 1. The molecule has 0 radical (unpaired) electrons. The maximum absolute atomic E-state index is 10.3. The molecule has 0 aliphatic carbocycles. The van der Waals surface area contributed by atoms with Crippen LogP contribution in [0.2, 0.25) is 0 Å². The molecule has 3 N–H and O–H groups in total. The molecule has 96 valence electrons. The number of hydrogen-bond donors (Lipinski definition) is 2. The highest BCUT2D eigenvalue weighted by atomic mass is 16.3. The Balaban J connectivity index is 2.24. The third kappa shape index (κ3) is 2.86. The first-order valence-electron chi connectivity index (χ1n) is 6.36. The van der Waals surface area contributed by atoms with Gasteiger partial charge in [0.25, 0.3) is 0 Å². The molecule has 3 nitrogen and oxygen atoms in total. The van der Waals surface area contributed by atoms with Crippen molar-refractivity contribution in [1.29, 1.82) is 0 Å². The number of pyridine rings is 1. The van der Waals surface area contributed by atoms with Crippen LogP contribution in [0.4, 0.5) is 0 Å². The Bertz CT molecular complexity index is 525. The number of nitrogens with two attached hydrogens (primary N) is 1. The van der Waals surface area contributed by atoms with Crippen molar-refractivity contribution in [2.45, 2.75) is 32.4 Å². The molecule has 0 bridgehead atoms. The molecule has 2 aromatic rings. The van der Waals surface area contributed by atoms with Gasteiger partial charge in [-0.2, -0.15) is 0 Å². The summed E-state index contributed by atoms with van der Waals surface area (Å²) in [4.78, 5) is 4.26. The van der Waals surface area contributed by atoms with Gasteiger partial charge in [0.1, 0.15) is 0 Å². The molecule has 0 fully saturated rings. The largest absolute Gasteiger partial charge is 0.387 e. The van der Waals surface area contributed by atoms with Gasteiger partial charge >= 0.3 is 0 Å². The molecule has 1 heterocycles. The monoisotopic (exact) mass is 244 g/mol. The lowest BCUT2D eigenvalue weighted by atomic mass is 9.94. The van der Waals surface area contributed by atoms with Crippen LogP contribution in [0.3, 0.4) is 0 Å². The van der Waals surface area contributed by atoms with Gasteiger partial charge in [0.05, 0.1) is 11.6 Å². The molecular formula is C15H20N2O. The molecule has 0 aliphatic heterocycles. The minimum Gasteiger partial charge on any atom is -0.387 e. The molecule has 3 heteroatoms. The van der Waals surface area contributed by atoms with E-state index in [0.717, 1.165) is 22.9 Å². The summed E-state index contributed by atoms with van der Waals surface area (Å²) in [6, 6.07) is 9.46. The van der Waals surface area contributed by atoms with Crippen molar-refractivity contribution in [2.75, 3.05) is 0 Å². The lowest BCUT2D eigenvalue weighted by Crippen LogP contribution is -2.29. The first kappa shape index (κ1) is 13.0. The second-order valence-corrected chi connectivity index (χ2v) is 5.19. The summed E-state index contributed by atoms with van der Waals surface area (Å²) in [6.07, 6.45) is 1.96. The molecule has 18 heavy (non-hydrogen) atoms. The second-order valence-electron chi connectivity index (χ2n) is 5.19. The SMILES string of the molecule is CC(C)CC(N)C(O)c1ccc2ncccc2c1. The van der Waals surface area contributed by atoms with E-state index in [-0.39, 0.29) is 6.04 Å². The molecule has 0 amide bonds. The number of hydrogen-bond acceptors (Lipinski definition) is 3. The van der Waals surface area contributed by atoms with Crippen molar-refractivity contribution in [3.63, 3.8) is 0 Å². The van der Waals surface area contributed by atoms with Crippen molar-refractivity contribution in [1.82, 2.24) is 4.98 Å². The molecule has 0 aliphatic rings. The Labute approximate surface area is 108 Å². The van der Waals surface area contributed by atoms with Crippen LogP contribution in [-0.2, 0) is 0 Å². The topological polar surface area (TPSA) is 59.1 Å². The molecule has 0 saturated heterocycles. The standard InChI is InChI=1S/C15H20N2O/c1-10(2)8-13(16)15(18)12-5-6-14-11(9-12)4-3-7-17-14/h3-7,9-10,13,15,18H,8,16H2,1-2H3. The van der Waals surface area contributed by atoms with Gasteiger partial charge in [0.2, 0.25) is 0 Å². The van der Waals surface area contributed by atoms with E-state index in [9.17, 15) is 5.11 Å². The fourth-order valence-electron chi connectivity index (χ4n) is 2.20. The molecule has 2 rings (SSSR count). The summed E-state index contributed by atoms with van der Waals surface area (Å²) in [5.41, 5.74) is 7.83. The number of rotatable bonds is 4. The van der Waals surface area contributed by atoms with Crippen LogP contribution in [0.25, 0.3) is 10.9 Å². The zero-order valence-corrected chi connectivity index (χ0v) is 10.9. The molecule has 0 saturated carbocycles. The van der Waals surface area contributed by atoms with Gasteiger partial charge in [0, 0.05) is 17.6 Å². The van der Waals surface area contributed by atoms with Crippen LogP contribution >= 0.6 is 0 Å². The quantitative estimate of drug-likeness (QED) is 0.869. The third-order valence-corrected chi connectivity index (χ3v) is 3.12. The Kier molecular flexibility index (Phi) is 3.94. The van der Waals surface area contributed by atoms with E-state index >= 15 is 0 Å². The van der Waals surface area contributed by atoms with Crippen LogP contribution < -0.4 is 5.73 Å². The zero-order chi connectivity index (χ0) is 13.1. The summed E-state index contributed by atoms with van der Waals surface area (Å²) in [7, 11) is 0. The van der Waals surface area contributed by atoms with Crippen LogP contribution in [0.5, 0.6) is 0 Å². The predicted octanol–water partition coefficient (Wildman–Crippen LogP) is 2.64. The highest BCUT2D eigenvalue weighted by Crippen LogP contribution is 2.23. The molecule has 0 spiro atoms. The van der Waals surface area contributed by atoms with Gasteiger partial charge in [-0.1, -0.05) is 26.0 Å². The minimum absolute atomic E-state index is 0.223. The normalized spacial score (nSPS) is 14.9. The van der Waals surface area contributed by atoms with E-state index < -0.39 is 6.10 Å². The summed E-state index contributed by atoms with van der Waals surface area (Å²) in [5, 5.41) is 11.3. The third-order valence-electron chi connectivity index (χ3n) is 3.12. The highest BCUT2D eigenvalue weighted by Gasteiger charge is 2.18. The van der Waals surface area contributed by atoms with Gasteiger partial charge in [-0.05, 0) is 36.1 Å². The average molecular weight is 244 g/mol. The van der Waals surface area contributed by atoms with Crippen LogP contribution in [-0.4, -0.2) is 16.1 Å². The predicted molar refractivity (Wildman–Crippen MR) is 74.1 cm³/mol. The molecule has 2 unspecified atom stereocenters. The van der Waals surface area contributed by atoms with E-state index in [0.29, 0.717) is 5.92 Å². The van der Waals surface area contributed by atoms with Crippen molar-refractivity contribution in [3.8, 4) is 0 Å². The molecule has 1 aromatic carbocycles. The van der Waals surface area contributed by atoms with E-state index in [4.69, 9.17) is 5.73 Å². The van der Waals surface area contributed by atoms with E-state index in [1.165, 1.54) is 0 Å². The number of aliphatic hydroxyl groups is 1. The second kappa shape index (κ2) is 5.46. The maximum Gasteiger partial charge on any atom is 0.0941 e. The van der Waals surface area contributed by atoms with Crippen molar-refractivity contribution in [2.24, 2.45) is 11.7 Å². The van der Waals surface area contributed by atoms with Crippen LogP contribution in [0.1, 0.15) is 31.9 Å². The summed E-state index contributed by atoms with van der Waals surface area (Å²) < 4.78 is 0. The molecular weight excluding hydrogens is 224 g/mol. The zero-order valence-electron chi connectivity index (χ0n) is 10.9. The van der Waals surface area contributed by atoms with Crippen LogP contribution in [0, 0.1) is 5.92 Å². The lowest BCUT2D eigenvalue weighted by molar-refractivity contribution is 0.136. The van der Waals surface area contributed by atoms with Crippen molar-refractivity contribution >= 4 is 10.9 Å². The minimum atomic E-state index is -0.614. The number of aromatic nitrogens is 1. The van der Waals surface area contributed by atoms with Gasteiger partial charge in [0.15, 0.2) is 0 Å². The number of aliphatic hydroxyl groups excluding tert-OH is 1. The van der Waals surface area contributed by atoms with E-state index in [1.54, 1.807) is 6.20 Å².